The smallest absolute Gasteiger partial charge is 0.240 e. The Morgan fingerprint density at radius 2 is 2.50 bits per heavy atom. The van der Waals surface area contributed by atoms with Crippen molar-refractivity contribution < 1.29 is 4.79 Å². The maximum Gasteiger partial charge on any atom is 0.240 e. The van der Waals surface area contributed by atoms with Crippen LogP contribution in [0.15, 0.2) is 12.4 Å². The highest BCUT2D eigenvalue weighted by molar-refractivity contribution is 5.85. The van der Waals surface area contributed by atoms with Crippen LogP contribution in [0.3, 0.4) is 0 Å². The Morgan fingerprint density at radius 3 is 2.94 bits per heavy atom. The molecule has 2 N–H and O–H groups in total. The van der Waals surface area contributed by atoms with E-state index >= 15 is 0 Å². The molecule has 16 heavy (non-hydrogen) atoms. The van der Waals surface area contributed by atoms with Gasteiger partial charge in [0.15, 0.2) is 0 Å². The number of aromatic nitrogens is 2. The number of amides is 1. The van der Waals surface area contributed by atoms with E-state index in [-0.39, 0.29) is 11.9 Å². The molecule has 0 aliphatic carbocycles. The molecule has 5 heteroatoms. The van der Waals surface area contributed by atoms with E-state index in [0.29, 0.717) is 6.42 Å². The summed E-state index contributed by atoms with van der Waals surface area (Å²) in [6.45, 7) is 5.33. The number of aromatic amines is 1. The molecule has 5 nitrogen and oxygen atoms in total. The predicted octanol–water partition coefficient (Wildman–Crippen LogP) is 1.53. The molecular formula is C11H16N4O. The molecule has 0 saturated heterocycles. The zero-order valence-electron chi connectivity index (χ0n) is 9.74. The van der Waals surface area contributed by atoms with Crippen molar-refractivity contribution >= 4 is 5.91 Å². The van der Waals surface area contributed by atoms with Gasteiger partial charge >= 0.3 is 0 Å². The molecule has 0 aliphatic rings. The lowest BCUT2D eigenvalue weighted by Gasteiger charge is -2.21. The minimum Gasteiger partial charge on any atom is -0.348 e. The second-order valence-corrected chi connectivity index (χ2v) is 4.02. The van der Waals surface area contributed by atoms with Crippen molar-refractivity contribution in [2.45, 2.75) is 33.2 Å². The molecule has 2 atom stereocenters. The van der Waals surface area contributed by atoms with Crippen molar-refractivity contribution in [2.24, 2.45) is 5.41 Å². The molecule has 1 rings (SSSR count). The topological polar surface area (TPSA) is 81.6 Å². The van der Waals surface area contributed by atoms with E-state index in [1.807, 2.05) is 19.9 Å². The van der Waals surface area contributed by atoms with Crippen molar-refractivity contribution in [3.8, 4) is 6.07 Å². The van der Waals surface area contributed by atoms with Gasteiger partial charge in [0.2, 0.25) is 5.91 Å². The lowest BCUT2D eigenvalue weighted by Crippen LogP contribution is -2.38. The third-order valence-corrected chi connectivity index (χ3v) is 2.82. The van der Waals surface area contributed by atoms with Crippen LogP contribution in [0.1, 0.15) is 38.8 Å². The van der Waals surface area contributed by atoms with Gasteiger partial charge in [0.1, 0.15) is 5.41 Å². The summed E-state index contributed by atoms with van der Waals surface area (Å²) in [7, 11) is 0. The largest absolute Gasteiger partial charge is 0.348 e. The van der Waals surface area contributed by atoms with Gasteiger partial charge in [-0.15, -0.1) is 0 Å². The summed E-state index contributed by atoms with van der Waals surface area (Å²) in [4.78, 5) is 11.9. The summed E-state index contributed by atoms with van der Waals surface area (Å²) in [5, 5.41) is 18.3. The molecule has 0 spiro atoms. The van der Waals surface area contributed by atoms with Gasteiger partial charge in [-0.2, -0.15) is 10.4 Å². The number of nitrogens with one attached hydrogen (secondary N) is 2. The zero-order chi connectivity index (χ0) is 12.2. The number of carbonyl (C=O) groups is 1. The summed E-state index contributed by atoms with van der Waals surface area (Å²) in [6.07, 6.45) is 3.87. The fourth-order valence-corrected chi connectivity index (χ4v) is 1.23. The molecule has 86 valence electrons. The fraction of sp³-hybridized carbons (Fsp3) is 0.545. The number of nitrogens with zero attached hydrogens (tertiary/aromatic N) is 2. The quantitative estimate of drug-likeness (QED) is 0.807. The Balaban J connectivity index is 2.69. The van der Waals surface area contributed by atoms with Gasteiger partial charge < -0.3 is 5.32 Å². The third kappa shape index (κ3) is 2.40. The fourth-order valence-electron chi connectivity index (χ4n) is 1.23. The number of nitriles is 1. The lowest BCUT2D eigenvalue weighted by molar-refractivity contribution is -0.128. The van der Waals surface area contributed by atoms with E-state index in [9.17, 15) is 4.79 Å². The minimum absolute atomic E-state index is 0.148. The number of hydrogen-bond donors (Lipinski definition) is 2. The average molecular weight is 220 g/mol. The van der Waals surface area contributed by atoms with Gasteiger partial charge in [-0.05, 0) is 20.3 Å². The van der Waals surface area contributed by atoms with E-state index in [0.717, 1.165) is 5.56 Å². The highest BCUT2D eigenvalue weighted by Gasteiger charge is 2.32. The van der Waals surface area contributed by atoms with Crippen LogP contribution in [-0.2, 0) is 4.79 Å². The third-order valence-electron chi connectivity index (χ3n) is 2.82. The Labute approximate surface area is 94.9 Å². The monoisotopic (exact) mass is 220 g/mol. The molecule has 0 aromatic carbocycles. The summed E-state index contributed by atoms with van der Waals surface area (Å²) in [5.74, 6) is -0.244. The number of rotatable bonds is 4. The van der Waals surface area contributed by atoms with Gasteiger partial charge in [-0.1, -0.05) is 6.92 Å². The van der Waals surface area contributed by atoms with E-state index < -0.39 is 5.41 Å². The van der Waals surface area contributed by atoms with Gasteiger partial charge in [-0.25, -0.2) is 0 Å². The van der Waals surface area contributed by atoms with Crippen LogP contribution < -0.4 is 5.32 Å². The molecule has 0 bridgehead atoms. The maximum atomic E-state index is 11.9. The second-order valence-electron chi connectivity index (χ2n) is 4.02. The summed E-state index contributed by atoms with van der Waals surface area (Å²) >= 11 is 0. The van der Waals surface area contributed by atoms with Crippen LogP contribution >= 0.6 is 0 Å². The van der Waals surface area contributed by atoms with Gasteiger partial charge in [0, 0.05) is 11.8 Å². The number of carbonyl (C=O) groups excluding carboxylic acids is 1. The summed E-state index contributed by atoms with van der Waals surface area (Å²) in [6, 6.07) is 1.90. The Hall–Kier alpha value is -1.83. The minimum atomic E-state index is -0.960. The van der Waals surface area contributed by atoms with E-state index in [4.69, 9.17) is 5.26 Å². The molecule has 0 radical (unpaired) electrons. The van der Waals surface area contributed by atoms with Gasteiger partial charge in [-0.3, -0.25) is 9.89 Å². The zero-order valence-corrected chi connectivity index (χ0v) is 9.74. The Bertz CT molecular complexity index is 393. The SMILES string of the molecule is CCC(C)(C#N)C(=O)NC(C)c1cn[nH]c1. The van der Waals surface area contributed by atoms with Gasteiger partial charge in [0.05, 0.1) is 18.3 Å². The first-order chi connectivity index (χ1) is 7.53. The first-order valence-corrected chi connectivity index (χ1v) is 5.24. The molecule has 2 unspecified atom stereocenters. The van der Waals surface area contributed by atoms with Crippen LogP contribution in [0.5, 0.6) is 0 Å². The van der Waals surface area contributed by atoms with E-state index in [2.05, 4.69) is 15.5 Å². The van der Waals surface area contributed by atoms with Crippen molar-refractivity contribution in [3.63, 3.8) is 0 Å². The van der Waals surface area contributed by atoms with Crippen LogP contribution in [0.2, 0.25) is 0 Å². The van der Waals surface area contributed by atoms with E-state index in [1.54, 1.807) is 19.3 Å². The summed E-state index contributed by atoms with van der Waals surface area (Å²) < 4.78 is 0. The van der Waals surface area contributed by atoms with Crippen LogP contribution in [0.25, 0.3) is 0 Å². The molecule has 1 aromatic rings. The standard InChI is InChI=1S/C11H16N4O/c1-4-11(3,7-12)10(16)15-8(2)9-5-13-14-6-9/h5-6,8H,4H2,1-3H3,(H,13,14)(H,15,16). The highest BCUT2D eigenvalue weighted by atomic mass is 16.2. The molecule has 0 saturated carbocycles. The molecular weight excluding hydrogens is 204 g/mol. The molecule has 1 amide bonds. The highest BCUT2D eigenvalue weighted by Crippen LogP contribution is 2.21. The molecule has 0 fully saturated rings. The van der Waals surface area contributed by atoms with Crippen LogP contribution in [0, 0.1) is 16.7 Å². The second kappa shape index (κ2) is 4.79. The number of H-pyrrole nitrogens is 1. The van der Waals surface area contributed by atoms with Crippen molar-refractivity contribution in [2.75, 3.05) is 0 Å². The first kappa shape index (κ1) is 12.2. The molecule has 0 aliphatic heterocycles. The first-order valence-electron chi connectivity index (χ1n) is 5.24. The normalized spacial score (nSPS) is 15.9. The average Bonchev–Trinajstić information content (AvgIpc) is 2.81. The molecule has 1 aromatic heterocycles. The molecule has 1 heterocycles. The Kier molecular flexibility index (Phi) is 3.67. The van der Waals surface area contributed by atoms with Gasteiger partial charge in [0.25, 0.3) is 0 Å². The van der Waals surface area contributed by atoms with Crippen molar-refractivity contribution in [1.82, 2.24) is 15.5 Å². The van der Waals surface area contributed by atoms with Crippen molar-refractivity contribution in [3.05, 3.63) is 18.0 Å². The number of hydrogen-bond acceptors (Lipinski definition) is 3. The maximum absolute atomic E-state index is 11.9. The summed E-state index contributed by atoms with van der Waals surface area (Å²) in [5.41, 5.74) is -0.0670. The van der Waals surface area contributed by atoms with Crippen molar-refractivity contribution in [1.29, 1.82) is 5.26 Å². The predicted molar refractivity (Wildman–Crippen MR) is 59.2 cm³/mol. The van der Waals surface area contributed by atoms with Crippen LogP contribution in [0.4, 0.5) is 0 Å². The lowest BCUT2D eigenvalue weighted by atomic mass is 9.88. The van der Waals surface area contributed by atoms with Crippen LogP contribution in [-0.4, -0.2) is 16.1 Å². The van der Waals surface area contributed by atoms with E-state index in [1.165, 1.54) is 0 Å². The Morgan fingerprint density at radius 1 is 1.81 bits per heavy atom.